The summed E-state index contributed by atoms with van der Waals surface area (Å²) in [7, 11) is 0. The van der Waals surface area contributed by atoms with Crippen molar-refractivity contribution in [3.05, 3.63) is 187 Å². The topological polar surface area (TPSA) is 32.0 Å². The first-order valence-corrected chi connectivity index (χ1v) is 17.8. The van der Waals surface area contributed by atoms with Gasteiger partial charge in [0.25, 0.3) is 0 Å². The van der Waals surface area contributed by atoms with Gasteiger partial charge in [-0.25, -0.2) is 9.83 Å². The third-order valence-electron chi connectivity index (χ3n) is 10.7. The maximum atomic E-state index is 7.60. The van der Waals surface area contributed by atoms with E-state index < -0.39 is 0 Å². The number of fused-ring (bicyclic) bond motifs is 10. The van der Waals surface area contributed by atoms with E-state index in [1.807, 2.05) is 24.4 Å². The van der Waals surface area contributed by atoms with E-state index in [0.29, 0.717) is 5.69 Å². The normalized spacial score (nSPS) is 11.8. The molecular formula is C48H29N5. The fraction of sp³-hybridized carbons (Fsp3) is 0. The molecule has 11 aromatic rings. The monoisotopic (exact) mass is 675 g/mol. The van der Waals surface area contributed by atoms with Crippen molar-refractivity contribution < 1.29 is 0 Å². The van der Waals surface area contributed by atoms with Gasteiger partial charge in [0, 0.05) is 50.2 Å². The summed E-state index contributed by atoms with van der Waals surface area (Å²) in [5, 5.41) is 6.94. The second-order valence-electron chi connectivity index (χ2n) is 13.5. The average Bonchev–Trinajstić information content (AvgIpc) is 3.87. The number of benzene rings is 7. The molecule has 4 heterocycles. The minimum atomic E-state index is 0.646. The van der Waals surface area contributed by atoms with Crippen LogP contribution in [-0.4, -0.2) is 18.7 Å². The van der Waals surface area contributed by atoms with Gasteiger partial charge >= 0.3 is 0 Å². The van der Waals surface area contributed by atoms with Crippen molar-refractivity contribution in [1.82, 2.24) is 18.7 Å². The van der Waals surface area contributed by atoms with Gasteiger partial charge in [0.1, 0.15) is 5.65 Å². The van der Waals surface area contributed by atoms with Crippen LogP contribution in [0.1, 0.15) is 0 Å². The number of rotatable bonds is 4. The van der Waals surface area contributed by atoms with Gasteiger partial charge in [0.15, 0.2) is 5.69 Å². The molecule has 0 atom stereocenters. The second-order valence-corrected chi connectivity index (χ2v) is 13.5. The molecule has 246 valence electrons. The summed E-state index contributed by atoms with van der Waals surface area (Å²) in [4.78, 5) is 8.71. The highest BCUT2D eigenvalue weighted by atomic mass is 15.1. The number of hydrogen-bond acceptors (Lipinski definition) is 1. The second kappa shape index (κ2) is 11.3. The third kappa shape index (κ3) is 4.27. The summed E-state index contributed by atoms with van der Waals surface area (Å²) in [6.07, 6.45) is 1.89. The SMILES string of the molecule is [C-]#[N+]c1ccc2c(c1)c1ccccc1n2-c1cccc(-c2cccc(-n3c4ncccc4c4ccc5c(c6ccccc6n5-c5ccccc5)c43)c2)c1. The molecule has 0 saturated heterocycles. The summed E-state index contributed by atoms with van der Waals surface area (Å²) in [5.74, 6) is 0. The highest BCUT2D eigenvalue weighted by molar-refractivity contribution is 6.25. The standard InChI is InChI=1S/C48H29N5/c1-49-33-23-25-44-41(30-33)37-18-5-7-21-42(37)52(44)35-16-9-12-31(28-35)32-13-10-17-36(29-32)53-47-38(39-20-11-27-50-48(39)53)24-26-45-46(47)40-19-6-8-22-43(40)51(45)34-14-3-2-4-15-34/h2-30H. The van der Waals surface area contributed by atoms with Crippen LogP contribution in [0.2, 0.25) is 0 Å². The van der Waals surface area contributed by atoms with Crippen LogP contribution in [0.15, 0.2) is 176 Å². The van der Waals surface area contributed by atoms with E-state index in [1.54, 1.807) is 0 Å². The molecule has 5 nitrogen and oxygen atoms in total. The Hall–Kier alpha value is -7.42. The van der Waals surface area contributed by atoms with E-state index in [0.717, 1.165) is 72.1 Å². The maximum absolute atomic E-state index is 7.60. The number of aromatic nitrogens is 4. The Labute approximate surface area is 304 Å². The zero-order valence-corrected chi connectivity index (χ0v) is 28.5. The Morgan fingerprint density at radius 3 is 1.79 bits per heavy atom. The van der Waals surface area contributed by atoms with Gasteiger partial charge < -0.3 is 9.13 Å². The highest BCUT2D eigenvalue weighted by Crippen LogP contribution is 2.42. The number of para-hydroxylation sites is 3. The lowest BCUT2D eigenvalue weighted by Gasteiger charge is -2.13. The molecule has 7 aromatic carbocycles. The lowest BCUT2D eigenvalue weighted by atomic mass is 10.0. The minimum absolute atomic E-state index is 0.646. The fourth-order valence-corrected chi connectivity index (χ4v) is 8.45. The first-order valence-electron chi connectivity index (χ1n) is 17.8. The summed E-state index contributed by atoms with van der Waals surface area (Å²) in [6, 6.07) is 60.1. The van der Waals surface area contributed by atoms with Crippen LogP contribution in [0.5, 0.6) is 0 Å². The number of nitrogens with zero attached hydrogens (tertiary/aromatic N) is 5. The Bertz CT molecular complexity index is 3300. The van der Waals surface area contributed by atoms with E-state index in [1.165, 1.54) is 21.7 Å². The quantitative estimate of drug-likeness (QED) is 0.171. The molecule has 0 saturated carbocycles. The molecule has 0 fully saturated rings. The summed E-state index contributed by atoms with van der Waals surface area (Å²) in [5.41, 5.74) is 12.8. The van der Waals surface area contributed by atoms with E-state index in [-0.39, 0.29) is 0 Å². The van der Waals surface area contributed by atoms with Crippen LogP contribution in [0, 0.1) is 6.57 Å². The highest BCUT2D eigenvalue weighted by Gasteiger charge is 2.21. The molecule has 53 heavy (non-hydrogen) atoms. The van der Waals surface area contributed by atoms with Gasteiger partial charge in [-0.1, -0.05) is 91.0 Å². The average molecular weight is 676 g/mol. The van der Waals surface area contributed by atoms with Crippen molar-refractivity contribution in [1.29, 1.82) is 0 Å². The van der Waals surface area contributed by atoms with Crippen LogP contribution >= 0.6 is 0 Å². The van der Waals surface area contributed by atoms with E-state index in [4.69, 9.17) is 11.6 Å². The Morgan fingerprint density at radius 2 is 1.02 bits per heavy atom. The number of pyridine rings is 1. The van der Waals surface area contributed by atoms with Crippen LogP contribution in [0.4, 0.5) is 5.69 Å². The van der Waals surface area contributed by atoms with Crippen LogP contribution < -0.4 is 0 Å². The van der Waals surface area contributed by atoms with Crippen molar-refractivity contribution in [3.8, 4) is 28.2 Å². The predicted octanol–water partition coefficient (Wildman–Crippen LogP) is 12.6. The molecule has 0 bridgehead atoms. The minimum Gasteiger partial charge on any atom is -0.309 e. The van der Waals surface area contributed by atoms with E-state index in [2.05, 4.69) is 170 Å². The van der Waals surface area contributed by atoms with Gasteiger partial charge in [-0.15, -0.1) is 0 Å². The van der Waals surface area contributed by atoms with Crippen LogP contribution in [0.3, 0.4) is 0 Å². The zero-order valence-electron chi connectivity index (χ0n) is 28.5. The third-order valence-corrected chi connectivity index (χ3v) is 10.7. The van der Waals surface area contributed by atoms with Gasteiger partial charge in [-0.2, -0.15) is 0 Å². The summed E-state index contributed by atoms with van der Waals surface area (Å²) < 4.78 is 7.03. The van der Waals surface area contributed by atoms with Crippen LogP contribution in [0.25, 0.3) is 98.6 Å². The molecule has 4 aromatic heterocycles. The molecule has 0 amide bonds. The molecule has 0 radical (unpaired) electrons. The van der Waals surface area contributed by atoms with Gasteiger partial charge in [0.05, 0.1) is 34.2 Å². The van der Waals surface area contributed by atoms with Crippen molar-refractivity contribution in [2.45, 2.75) is 0 Å². The molecule has 11 rings (SSSR count). The fourth-order valence-electron chi connectivity index (χ4n) is 8.45. The molecule has 0 N–H and O–H groups in total. The lowest BCUT2D eigenvalue weighted by Crippen LogP contribution is -1.97. The summed E-state index contributed by atoms with van der Waals surface area (Å²) >= 11 is 0. The zero-order chi connectivity index (χ0) is 35.0. The smallest absolute Gasteiger partial charge is 0.188 e. The van der Waals surface area contributed by atoms with Crippen molar-refractivity contribution in [2.75, 3.05) is 0 Å². The maximum Gasteiger partial charge on any atom is 0.188 e. The first kappa shape index (κ1) is 29.3. The van der Waals surface area contributed by atoms with Gasteiger partial charge in [0.2, 0.25) is 0 Å². The van der Waals surface area contributed by atoms with Crippen molar-refractivity contribution in [2.24, 2.45) is 0 Å². The largest absolute Gasteiger partial charge is 0.309 e. The number of hydrogen-bond donors (Lipinski definition) is 0. The Morgan fingerprint density at radius 1 is 0.415 bits per heavy atom. The molecule has 0 aliphatic carbocycles. The van der Waals surface area contributed by atoms with Crippen molar-refractivity contribution >= 4 is 71.2 Å². The Kier molecular flexibility index (Phi) is 6.25. The molecule has 0 aliphatic heterocycles. The summed E-state index contributed by atoms with van der Waals surface area (Å²) in [6.45, 7) is 7.60. The Balaban J connectivity index is 1.15. The van der Waals surface area contributed by atoms with E-state index >= 15 is 0 Å². The van der Waals surface area contributed by atoms with Gasteiger partial charge in [-0.3, -0.25) is 4.57 Å². The molecule has 0 spiro atoms. The molecule has 0 unspecified atom stereocenters. The molecule has 5 heteroatoms. The molecule has 0 aliphatic rings. The van der Waals surface area contributed by atoms with Crippen molar-refractivity contribution in [3.63, 3.8) is 0 Å². The lowest BCUT2D eigenvalue weighted by molar-refractivity contribution is 1.14. The van der Waals surface area contributed by atoms with Crippen LogP contribution in [-0.2, 0) is 0 Å². The van der Waals surface area contributed by atoms with E-state index in [9.17, 15) is 0 Å². The molecular weight excluding hydrogens is 647 g/mol. The van der Waals surface area contributed by atoms with Gasteiger partial charge in [-0.05, 0) is 95.4 Å². The predicted molar refractivity (Wildman–Crippen MR) is 219 cm³/mol. The first-order chi connectivity index (χ1) is 26.3.